The van der Waals surface area contributed by atoms with Gasteiger partial charge in [-0.1, -0.05) is 11.6 Å². The molecule has 0 fully saturated rings. The zero-order chi connectivity index (χ0) is 11.8. The van der Waals surface area contributed by atoms with Crippen LogP contribution in [0.4, 0.5) is 0 Å². The lowest BCUT2D eigenvalue weighted by Gasteiger charge is -2.25. The maximum Gasteiger partial charge on any atom is 0.167 e. The Labute approximate surface area is 105 Å². The number of benzene rings is 1. The van der Waals surface area contributed by atoms with Gasteiger partial charge in [0.05, 0.1) is 19.3 Å². The molecule has 3 nitrogen and oxygen atoms in total. The smallest absolute Gasteiger partial charge is 0.167 e. The number of hydrogen-bond donors (Lipinski definition) is 1. The Balaban J connectivity index is 2.18. The Hall–Kier alpha value is -0.930. The van der Waals surface area contributed by atoms with Gasteiger partial charge in [0.25, 0.3) is 0 Å². The fraction of sp³-hybridized carbons (Fsp3) is 0.538. The predicted octanol–water partition coefficient (Wildman–Crippen LogP) is 2.87. The summed E-state index contributed by atoms with van der Waals surface area (Å²) in [4.78, 5) is 0. The van der Waals surface area contributed by atoms with Crippen molar-refractivity contribution in [1.29, 1.82) is 0 Å². The highest BCUT2D eigenvalue weighted by molar-refractivity contribution is 6.31. The molecule has 17 heavy (non-hydrogen) atoms. The second-order valence-electron chi connectivity index (χ2n) is 4.54. The summed E-state index contributed by atoms with van der Waals surface area (Å²) >= 11 is 6.25. The summed E-state index contributed by atoms with van der Waals surface area (Å²) in [7, 11) is 0. The average Bonchev–Trinajstić information content (AvgIpc) is 2.55. The molecular weight excluding hydrogens is 240 g/mol. The van der Waals surface area contributed by atoms with E-state index in [1.165, 1.54) is 0 Å². The topological polar surface area (TPSA) is 38.7 Å². The highest BCUT2D eigenvalue weighted by Crippen LogP contribution is 2.46. The number of ether oxygens (including phenoxy) is 2. The van der Waals surface area contributed by atoms with Crippen molar-refractivity contribution >= 4 is 11.6 Å². The van der Waals surface area contributed by atoms with E-state index >= 15 is 0 Å². The molecule has 1 aromatic carbocycles. The summed E-state index contributed by atoms with van der Waals surface area (Å²) in [5.74, 6) is 1.38. The normalized spacial score (nSPS) is 22.8. The number of halogens is 1. The van der Waals surface area contributed by atoms with Gasteiger partial charge in [0.2, 0.25) is 0 Å². The molecule has 1 unspecified atom stereocenters. The summed E-state index contributed by atoms with van der Waals surface area (Å²) in [6, 6.07) is 1.82. The van der Waals surface area contributed by atoms with Crippen LogP contribution in [0.1, 0.15) is 36.5 Å². The number of aliphatic hydroxyl groups excluding tert-OH is 1. The van der Waals surface area contributed by atoms with Crippen LogP contribution in [-0.2, 0) is 6.42 Å². The number of aliphatic hydroxyl groups is 1. The largest absolute Gasteiger partial charge is 0.489 e. The fourth-order valence-electron chi connectivity index (χ4n) is 2.56. The minimum absolute atomic E-state index is 0.479. The maximum absolute atomic E-state index is 10.1. The van der Waals surface area contributed by atoms with Gasteiger partial charge in [-0.2, -0.15) is 0 Å². The number of fused-ring (bicyclic) bond motifs is 3. The number of hydrogen-bond acceptors (Lipinski definition) is 3. The van der Waals surface area contributed by atoms with E-state index < -0.39 is 6.10 Å². The van der Waals surface area contributed by atoms with Gasteiger partial charge in [-0.3, -0.25) is 0 Å². The van der Waals surface area contributed by atoms with Gasteiger partial charge in [0.15, 0.2) is 11.5 Å². The lowest BCUT2D eigenvalue weighted by atomic mass is 9.88. The third-order valence-corrected chi connectivity index (χ3v) is 3.71. The molecule has 0 bridgehead atoms. The molecule has 1 N–H and O–H groups in total. The quantitative estimate of drug-likeness (QED) is 0.774. The van der Waals surface area contributed by atoms with Gasteiger partial charge in [0, 0.05) is 23.1 Å². The molecule has 2 aliphatic rings. The maximum atomic E-state index is 10.1. The van der Waals surface area contributed by atoms with Crippen LogP contribution < -0.4 is 9.47 Å². The van der Waals surface area contributed by atoms with Gasteiger partial charge >= 0.3 is 0 Å². The van der Waals surface area contributed by atoms with E-state index in [0.29, 0.717) is 29.7 Å². The van der Waals surface area contributed by atoms with Crippen LogP contribution in [0.15, 0.2) is 6.07 Å². The molecule has 0 saturated carbocycles. The van der Waals surface area contributed by atoms with E-state index in [4.69, 9.17) is 21.1 Å². The van der Waals surface area contributed by atoms with Crippen LogP contribution in [0.25, 0.3) is 0 Å². The van der Waals surface area contributed by atoms with Gasteiger partial charge in [-0.25, -0.2) is 0 Å². The van der Waals surface area contributed by atoms with Crippen molar-refractivity contribution in [2.24, 2.45) is 0 Å². The minimum Gasteiger partial charge on any atom is -0.489 e. The summed E-state index contributed by atoms with van der Waals surface area (Å²) in [5, 5.41) is 10.8. The zero-order valence-electron chi connectivity index (χ0n) is 9.54. The van der Waals surface area contributed by atoms with Crippen LogP contribution in [-0.4, -0.2) is 18.3 Å². The summed E-state index contributed by atoms with van der Waals surface area (Å²) in [5.41, 5.74) is 1.87. The Bertz CT molecular complexity index is 445. The Morgan fingerprint density at radius 1 is 1.24 bits per heavy atom. The van der Waals surface area contributed by atoms with Crippen molar-refractivity contribution in [2.75, 3.05) is 13.2 Å². The fourth-order valence-corrected chi connectivity index (χ4v) is 2.86. The third-order valence-electron chi connectivity index (χ3n) is 3.37. The highest BCUT2D eigenvalue weighted by Gasteiger charge is 2.28. The van der Waals surface area contributed by atoms with Gasteiger partial charge in [-0.05, 0) is 24.8 Å². The lowest BCUT2D eigenvalue weighted by molar-refractivity contribution is 0.150. The molecule has 1 heterocycles. The first-order valence-corrected chi connectivity index (χ1v) is 6.44. The van der Waals surface area contributed by atoms with Crippen molar-refractivity contribution in [3.8, 4) is 11.5 Å². The van der Waals surface area contributed by atoms with E-state index in [1.807, 2.05) is 6.07 Å². The van der Waals surface area contributed by atoms with Crippen molar-refractivity contribution in [1.82, 2.24) is 0 Å². The first-order chi connectivity index (χ1) is 8.27. The number of rotatable bonds is 0. The average molecular weight is 255 g/mol. The van der Waals surface area contributed by atoms with Crippen molar-refractivity contribution in [3.05, 3.63) is 22.2 Å². The molecule has 92 valence electrons. The third kappa shape index (κ3) is 1.87. The van der Waals surface area contributed by atoms with Crippen molar-refractivity contribution in [2.45, 2.75) is 31.8 Å². The van der Waals surface area contributed by atoms with Gasteiger partial charge < -0.3 is 14.6 Å². The molecule has 0 spiro atoms. The minimum atomic E-state index is -0.479. The second kappa shape index (κ2) is 4.39. The van der Waals surface area contributed by atoms with Crippen LogP contribution >= 0.6 is 11.6 Å². The molecule has 3 rings (SSSR count). The summed E-state index contributed by atoms with van der Waals surface area (Å²) < 4.78 is 11.4. The van der Waals surface area contributed by atoms with Crippen molar-refractivity contribution in [3.63, 3.8) is 0 Å². The predicted molar refractivity (Wildman–Crippen MR) is 65.0 cm³/mol. The van der Waals surface area contributed by atoms with E-state index in [2.05, 4.69) is 0 Å². The molecule has 0 aromatic heterocycles. The van der Waals surface area contributed by atoms with Crippen molar-refractivity contribution < 1.29 is 14.6 Å². The molecule has 1 atom stereocenters. The summed E-state index contributed by atoms with van der Waals surface area (Å²) in [6.45, 7) is 1.27. The first-order valence-electron chi connectivity index (χ1n) is 6.06. The molecular formula is C13H15ClO3. The second-order valence-corrected chi connectivity index (χ2v) is 4.94. The molecule has 0 amide bonds. The van der Waals surface area contributed by atoms with E-state index in [-0.39, 0.29) is 0 Å². The molecule has 1 aliphatic carbocycles. The monoisotopic (exact) mass is 254 g/mol. The molecule has 0 radical (unpaired) electrons. The van der Waals surface area contributed by atoms with Crippen LogP contribution in [0.5, 0.6) is 11.5 Å². The first kappa shape index (κ1) is 11.2. The van der Waals surface area contributed by atoms with E-state index in [9.17, 15) is 5.11 Å². The zero-order valence-corrected chi connectivity index (χ0v) is 10.3. The molecule has 1 aliphatic heterocycles. The molecule has 4 heteroatoms. The lowest BCUT2D eigenvalue weighted by Crippen LogP contribution is -2.12. The van der Waals surface area contributed by atoms with Crippen LogP contribution in [0.3, 0.4) is 0 Å². The van der Waals surface area contributed by atoms with E-state index in [1.54, 1.807) is 0 Å². The van der Waals surface area contributed by atoms with Crippen LogP contribution in [0, 0.1) is 0 Å². The van der Waals surface area contributed by atoms with Gasteiger partial charge in [-0.15, -0.1) is 0 Å². The Morgan fingerprint density at radius 3 is 2.94 bits per heavy atom. The standard InChI is InChI=1S/C13H15ClO3/c14-9-7-11-13(17-6-2-5-16-11)12-8(9)3-1-4-10(12)15/h7,10,15H,1-6H2. The Kier molecular flexibility index (Phi) is 2.89. The highest BCUT2D eigenvalue weighted by atomic mass is 35.5. The van der Waals surface area contributed by atoms with Gasteiger partial charge in [0.1, 0.15) is 0 Å². The Morgan fingerprint density at radius 2 is 2.06 bits per heavy atom. The van der Waals surface area contributed by atoms with Crippen LogP contribution in [0.2, 0.25) is 5.02 Å². The molecule has 0 saturated heterocycles. The molecule has 1 aromatic rings. The SMILES string of the molecule is OC1CCCc2c(Cl)cc3c(c21)OCCCO3. The van der Waals surface area contributed by atoms with E-state index in [0.717, 1.165) is 36.8 Å². The summed E-state index contributed by atoms with van der Waals surface area (Å²) in [6.07, 6.45) is 3.02.